The topological polar surface area (TPSA) is 15.3 Å². The summed E-state index contributed by atoms with van der Waals surface area (Å²) in [4.78, 5) is 2.37. The largest absolute Gasteiger partial charge is 0.312 e. The molecule has 0 radical (unpaired) electrons. The van der Waals surface area contributed by atoms with Gasteiger partial charge in [0.05, 0.1) is 0 Å². The van der Waals surface area contributed by atoms with E-state index in [0.29, 0.717) is 6.04 Å². The molecule has 1 N–H and O–H groups in total. The third-order valence-electron chi connectivity index (χ3n) is 3.10. The molecule has 1 unspecified atom stereocenters. The molecular formula is C13H19FN2. The maximum absolute atomic E-state index is 13.4. The highest BCUT2D eigenvalue weighted by Crippen LogP contribution is 2.12. The van der Waals surface area contributed by atoms with E-state index in [0.717, 1.165) is 37.3 Å². The molecule has 88 valence electrons. The van der Waals surface area contributed by atoms with E-state index in [9.17, 15) is 4.39 Å². The fourth-order valence-corrected chi connectivity index (χ4v) is 2.15. The molecular weight excluding hydrogens is 203 g/mol. The Morgan fingerprint density at radius 3 is 3.00 bits per heavy atom. The summed E-state index contributed by atoms with van der Waals surface area (Å²) in [5, 5.41) is 3.40. The molecule has 1 aliphatic heterocycles. The van der Waals surface area contributed by atoms with Crippen LogP contribution in [0.3, 0.4) is 0 Å². The van der Waals surface area contributed by atoms with Gasteiger partial charge in [0, 0.05) is 32.2 Å². The molecule has 1 aromatic rings. The zero-order valence-corrected chi connectivity index (χ0v) is 9.96. The minimum absolute atomic E-state index is 0.0966. The van der Waals surface area contributed by atoms with Crippen LogP contribution in [-0.2, 0) is 6.54 Å². The van der Waals surface area contributed by atoms with Crippen LogP contribution in [0.25, 0.3) is 0 Å². The Morgan fingerprint density at radius 2 is 2.31 bits per heavy atom. The van der Waals surface area contributed by atoms with Crippen LogP contribution in [0, 0.1) is 12.7 Å². The Bertz CT molecular complexity index is 365. The molecule has 1 aromatic carbocycles. The normalized spacial score (nSPS) is 22.3. The minimum atomic E-state index is -0.0966. The lowest BCUT2D eigenvalue weighted by atomic mass is 10.1. The fourth-order valence-electron chi connectivity index (χ4n) is 2.15. The quantitative estimate of drug-likeness (QED) is 0.822. The first-order chi connectivity index (χ1) is 7.65. The van der Waals surface area contributed by atoms with Gasteiger partial charge >= 0.3 is 0 Å². The molecule has 2 rings (SSSR count). The van der Waals surface area contributed by atoms with Crippen LogP contribution in [0.5, 0.6) is 0 Å². The summed E-state index contributed by atoms with van der Waals surface area (Å²) in [7, 11) is 0. The summed E-state index contributed by atoms with van der Waals surface area (Å²) in [6.45, 7) is 7.93. The van der Waals surface area contributed by atoms with E-state index in [1.54, 1.807) is 13.0 Å². The van der Waals surface area contributed by atoms with Crippen LogP contribution in [-0.4, -0.2) is 30.6 Å². The van der Waals surface area contributed by atoms with E-state index in [2.05, 4.69) is 17.1 Å². The van der Waals surface area contributed by atoms with Crippen molar-refractivity contribution in [2.45, 2.75) is 26.4 Å². The van der Waals surface area contributed by atoms with Crippen molar-refractivity contribution in [1.29, 1.82) is 0 Å². The predicted molar refractivity (Wildman–Crippen MR) is 63.9 cm³/mol. The van der Waals surface area contributed by atoms with Gasteiger partial charge in [-0.2, -0.15) is 0 Å². The Hall–Kier alpha value is -0.930. The second-order valence-corrected chi connectivity index (χ2v) is 4.67. The van der Waals surface area contributed by atoms with Crippen molar-refractivity contribution in [3.8, 4) is 0 Å². The summed E-state index contributed by atoms with van der Waals surface area (Å²) >= 11 is 0. The van der Waals surface area contributed by atoms with Gasteiger partial charge in [-0.3, -0.25) is 4.90 Å². The maximum atomic E-state index is 13.4. The lowest BCUT2D eigenvalue weighted by molar-refractivity contribution is 0.199. The van der Waals surface area contributed by atoms with E-state index >= 15 is 0 Å². The highest BCUT2D eigenvalue weighted by molar-refractivity contribution is 5.23. The van der Waals surface area contributed by atoms with E-state index in [4.69, 9.17) is 0 Å². The Morgan fingerprint density at radius 1 is 1.50 bits per heavy atom. The Balaban J connectivity index is 2.00. The van der Waals surface area contributed by atoms with Crippen molar-refractivity contribution < 1.29 is 4.39 Å². The van der Waals surface area contributed by atoms with Gasteiger partial charge in [0.1, 0.15) is 5.82 Å². The molecule has 0 aromatic heterocycles. The number of hydrogen-bond acceptors (Lipinski definition) is 2. The first-order valence-corrected chi connectivity index (χ1v) is 5.86. The molecule has 3 heteroatoms. The average Bonchev–Trinajstić information content (AvgIpc) is 2.24. The number of halogens is 1. The Kier molecular flexibility index (Phi) is 3.56. The second kappa shape index (κ2) is 4.93. The molecule has 1 saturated heterocycles. The molecule has 16 heavy (non-hydrogen) atoms. The van der Waals surface area contributed by atoms with Crippen LogP contribution in [0.15, 0.2) is 18.2 Å². The number of hydrogen-bond donors (Lipinski definition) is 1. The lowest BCUT2D eigenvalue weighted by Crippen LogP contribution is -2.48. The molecule has 0 bridgehead atoms. The summed E-state index contributed by atoms with van der Waals surface area (Å²) in [6, 6.07) is 6.06. The number of rotatable bonds is 2. The van der Waals surface area contributed by atoms with Gasteiger partial charge in [-0.1, -0.05) is 12.1 Å². The average molecular weight is 222 g/mol. The van der Waals surface area contributed by atoms with Crippen molar-refractivity contribution in [1.82, 2.24) is 10.2 Å². The molecule has 2 nitrogen and oxygen atoms in total. The Labute approximate surface area is 96.5 Å². The van der Waals surface area contributed by atoms with Gasteiger partial charge in [-0.25, -0.2) is 4.39 Å². The molecule has 0 spiro atoms. The van der Waals surface area contributed by atoms with Crippen LogP contribution >= 0.6 is 0 Å². The van der Waals surface area contributed by atoms with Crippen LogP contribution < -0.4 is 5.32 Å². The fraction of sp³-hybridized carbons (Fsp3) is 0.538. The predicted octanol–water partition coefficient (Wildman–Crippen LogP) is 1.93. The zero-order chi connectivity index (χ0) is 11.5. The maximum Gasteiger partial charge on any atom is 0.126 e. The molecule has 1 aliphatic rings. The van der Waals surface area contributed by atoms with Crippen LogP contribution in [0.4, 0.5) is 4.39 Å². The van der Waals surface area contributed by atoms with Gasteiger partial charge in [-0.15, -0.1) is 0 Å². The van der Waals surface area contributed by atoms with E-state index in [1.165, 1.54) is 0 Å². The number of piperazine rings is 1. The smallest absolute Gasteiger partial charge is 0.126 e. The summed E-state index contributed by atoms with van der Waals surface area (Å²) in [6.07, 6.45) is 0. The van der Waals surface area contributed by atoms with Crippen molar-refractivity contribution in [2.75, 3.05) is 19.6 Å². The number of benzene rings is 1. The van der Waals surface area contributed by atoms with E-state index in [-0.39, 0.29) is 5.82 Å². The third-order valence-corrected chi connectivity index (χ3v) is 3.10. The molecule has 0 saturated carbocycles. The molecule has 0 aliphatic carbocycles. The number of nitrogens with one attached hydrogen (secondary N) is 1. The first-order valence-electron chi connectivity index (χ1n) is 5.86. The van der Waals surface area contributed by atoms with Gasteiger partial charge in [0.25, 0.3) is 0 Å². The number of nitrogens with zero attached hydrogens (tertiary/aromatic N) is 1. The standard InChI is InChI=1S/C13H19FN2/c1-10-3-4-12(7-13(10)14)9-16-6-5-15-11(2)8-16/h3-4,7,11,15H,5-6,8-9H2,1-2H3. The second-order valence-electron chi connectivity index (χ2n) is 4.67. The van der Waals surface area contributed by atoms with Gasteiger partial charge in [0.2, 0.25) is 0 Å². The van der Waals surface area contributed by atoms with E-state index < -0.39 is 0 Å². The summed E-state index contributed by atoms with van der Waals surface area (Å²) in [5.74, 6) is -0.0966. The van der Waals surface area contributed by atoms with Gasteiger partial charge < -0.3 is 5.32 Å². The lowest BCUT2D eigenvalue weighted by Gasteiger charge is -2.31. The third kappa shape index (κ3) is 2.80. The molecule has 1 fully saturated rings. The molecule has 0 amide bonds. The van der Waals surface area contributed by atoms with Crippen LogP contribution in [0.2, 0.25) is 0 Å². The molecule has 1 heterocycles. The van der Waals surface area contributed by atoms with E-state index in [1.807, 2.05) is 12.1 Å². The SMILES string of the molecule is Cc1ccc(CN2CCNC(C)C2)cc1F. The highest BCUT2D eigenvalue weighted by atomic mass is 19.1. The monoisotopic (exact) mass is 222 g/mol. The molecule has 1 atom stereocenters. The van der Waals surface area contributed by atoms with Crippen molar-refractivity contribution in [2.24, 2.45) is 0 Å². The van der Waals surface area contributed by atoms with Crippen molar-refractivity contribution >= 4 is 0 Å². The number of aryl methyl sites for hydroxylation is 1. The summed E-state index contributed by atoms with van der Waals surface area (Å²) < 4.78 is 13.4. The first kappa shape index (κ1) is 11.6. The van der Waals surface area contributed by atoms with Gasteiger partial charge in [-0.05, 0) is 31.0 Å². The van der Waals surface area contributed by atoms with Gasteiger partial charge in [0.15, 0.2) is 0 Å². The summed E-state index contributed by atoms with van der Waals surface area (Å²) in [5.41, 5.74) is 1.79. The van der Waals surface area contributed by atoms with Crippen molar-refractivity contribution in [3.63, 3.8) is 0 Å². The van der Waals surface area contributed by atoms with Crippen molar-refractivity contribution in [3.05, 3.63) is 35.1 Å². The highest BCUT2D eigenvalue weighted by Gasteiger charge is 2.15. The zero-order valence-electron chi connectivity index (χ0n) is 9.96. The minimum Gasteiger partial charge on any atom is -0.312 e. The van der Waals surface area contributed by atoms with Crippen LogP contribution in [0.1, 0.15) is 18.1 Å².